The molecule has 0 aliphatic rings. The number of nitrogens with two attached hydrogens (primary N) is 1. The van der Waals surface area contributed by atoms with E-state index in [-0.39, 0.29) is 24.3 Å². The zero-order valence-electron chi connectivity index (χ0n) is 12.5. The molecule has 3 rings (SSSR count). The summed E-state index contributed by atoms with van der Waals surface area (Å²) in [6.07, 6.45) is -5.50. The largest absolute Gasteiger partial charge is 0.383 e. The van der Waals surface area contributed by atoms with E-state index in [0.29, 0.717) is 12.1 Å². The molecule has 2 aromatic heterocycles. The molecule has 1 aromatic carbocycles. The van der Waals surface area contributed by atoms with Crippen molar-refractivity contribution >= 4 is 16.9 Å². The summed E-state index contributed by atoms with van der Waals surface area (Å²) in [7, 11) is 0. The molecule has 2 N–H and O–H groups in total. The molecule has 134 valence electrons. The van der Waals surface area contributed by atoms with Crippen molar-refractivity contribution in [2.75, 3.05) is 5.73 Å². The summed E-state index contributed by atoms with van der Waals surface area (Å²) >= 11 is 0. The molecule has 0 saturated carbocycles. The third kappa shape index (κ3) is 3.13. The molecule has 0 saturated heterocycles. The van der Waals surface area contributed by atoms with Crippen molar-refractivity contribution in [2.24, 2.45) is 0 Å². The number of halogens is 4. The Morgan fingerprint density at radius 2 is 1.76 bits per heavy atom. The highest BCUT2D eigenvalue weighted by Crippen LogP contribution is 2.33. The molecular weight excluding hydrogens is 338 g/mol. The van der Waals surface area contributed by atoms with Gasteiger partial charge >= 0.3 is 0 Å². The third-order valence-electron chi connectivity index (χ3n) is 3.62. The predicted octanol–water partition coefficient (Wildman–Crippen LogP) is 4.47. The summed E-state index contributed by atoms with van der Waals surface area (Å²) in [5.41, 5.74) is 6.29. The van der Waals surface area contributed by atoms with Gasteiger partial charge in [0.15, 0.2) is 11.5 Å². The number of para-hydroxylation sites is 1. The van der Waals surface area contributed by atoms with E-state index in [1.807, 2.05) is 19.1 Å². The van der Waals surface area contributed by atoms with Crippen LogP contribution >= 0.6 is 0 Å². The van der Waals surface area contributed by atoms with Crippen molar-refractivity contribution in [1.29, 1.82) is 0 Å². The number of hydrogen-bond acceptors (Lipinski definition) is 4. The molecule has 0 atom stereocenters. The first kappa shape index (κ1) is 18.6. The van der Waals surface area contributed by atoms with E-state index in [0.717, 1.165) is 5.56 Å². The van der Waals surface area contributed by atoms with E-state index in [9.17, 15) is 17.6 Å². The van der Waals surface area contributed by atoms with Gasteiger partial charge in [0.2, 0.25) is 0 Å². The Kier molecular flexibility index (Phi) is 5.24. The van der Waals surface area contributed by atoms with Gasteiger partial charge in [-0.2, -0.15) is 0 Å². The highest BCUT2D eigenvalue weighted by Gasteiger charge is 2.25. The van der Waals surface area contributed by atoms with Crippen LogP contribution in [0.4, 0.5) is 23.4 Å². The average Bonchev–Trinajstić information content (AvgIpc) is 2.90. The average molecular weight is 355 g/mol. The summed E-state index contributed by atoms with van der Waals surface area (Å²) < 4.78 is 53.4. The van der Waals surface area contributed by atoms with Gasteiger partial charge in [0.1, 0.15) is 11.5 Å². The monoisotopic (exact) mass is 355 g/mol. The van der Waals surface area contributed by atoms with Crippen molar-refractivity contribution in [3.05, 3.63) is 41.3 Å². The molecule has 9 heteroatoms. The van der Waals surface area contributed by atoms with Crippen LogP contribution in [0.2, 0.25) is 0 Å². The lowest BCUT2D eigenvalue weighted by Gasteiger charge is -2.09. The van der Waals surface area contributed by atoms with Gasteiger partial charge < -0.3 is 5.73 Å². The second-order valence-electron chi connectivity index (χ2n) is 5.05. The Hall–Kier alpha value is -2.71. The Morgan fingerprint density at radius 1 is 1.08 bits per heavy atom. The Balaban J connectivity index is 0.00000225. The zero-order chi connectivity index (χ0) is 17.4. The number of nitrogens with zero attached hydrogens (tertiary/aromatic N) is 4. The van der Waals surface area contributed by atoms with Gasteiger partial charge in [-0.3, -0.25) is 0 Å². The SMILES string of the molecule is C.CCc1ccccc1-n1nc2nc(C(F)F)nc(C(F)F)c2c1N. The van der Waals surface area contributed by atoms with Crippen LogP contribution in [-0.2, 0) is 6.42 Å². The highest BCUT2D eigenvalue weighted by atomic mass is 19.3. The fourth-order valence-corrected chi connectivity index (χ4v) is 2.51. The molecule has 0 radical (unpaired) electrons. The highest BCUT2D eigenvalue weighted by molar-refractivity contribution is 5.89. The fraction of sp³-hybridized carbons (Fsp3) is 0.312. The van der Waals surface area contributed by atoms with Crippen LogP contribution in [0.15, 0.2) is 24.3 Å². The lowest BCUT2D eigenvalue weighted by molar-refractivity contribution is 0.131. The molecule has 0 aliphatic heterocycles. The number of alkyl halides is 4. The third-order valence-corrected chi connectivity index (χ3v) is 3.62. The first-order valence-electron chi connectivity index (χ1n) is 7.14. The summed E-state index contributed by atoms with van der Waals surface area (Å²) in [4.78, 5) is 6.84. The van der Waals surface area contributed by atoms with Crippen LogP contribution in [0, 0.1) is 0 Å². The molecule has 2 heterocycles. The van der Waals surface area contributed by atoms with Crippen molar-refractivity contribution in [3.8, 4) is 5.69 Å². The van der Waals surface area contributed by atoms with Gasteiger partial charge in [0, 0.05) is 0 Å². The number of fused-ring (bicyclic) bond motifs is 1. The second kappa shape index (κ2) is 7.04. The molecule has 0 spiro atoms. The van der Waals surface area contributed by atoms with Crippen LogP contribution in [0.1, 0.15) is 44.3 Å². The molecule has 0 bridgehead atoms. The molecular formula is C16H17F4N5. The van der Waals surface area contributed by atoms with E-state index >= 15 is 0 Å². The molecule has 3 aromatic rings. The Bertz CT molecular complexity index is 892. The normalized spacial score (nSPS) is 11.3. The number of benzene rings is 1. The lowest BCUT2D eigenvalue weighted by Crippen LogP contribution is -2.05. The summed E-state index contributed by atoms with van der Waals surface area (Å²) in [5.74, 6) is -1.10. The van der Waals surface area contributed by atoms with Crippen molar-refractivity contribution in [1.82, 2.24) is 19.7 Å². The summed E-state index contributed by atoms with van der Waals surface area (Å²) in [6.45, 7) is 1.91. The molecule has 25 heavy (non-hydrogen) atoms. The number of anilines is 1. The number of hydrogen-bond donors (Lipinski definition) is 1. The van der Waals surface area contributed by atoms with Crippen molar-refractivity contribution < 1.29 is 17.6 Å². The van der Waals surface area contributed by atoms with Crippen LogP contribution in [0.3, 0.4) is 0 Å². The van der Waals surface area contributed by atoms with Gasteiger partial charge in [-0.15, -0.1) is 5.10 Å². The minimum Gasteiger partial charge on any atom is -0.383 e. The second-order valence-corrected chi connectivity index (χ2v) is 5.05. The lowest BCUT2D eigenvalue weighted by atomic mass is 10.1. The van der Waals surface area contributed by atoms with E-state index in [1.54, 1.807) is 12.1 Å². The van der Waals surface area contributed by atoms with E-state index in [1.165, 1.54) is 4.68 Å². The van der Waals surface area contributed by atoms with Gasteiger partial charge in [0.05, 0.1) is 11.1 Å². The smallest absolute Gasteiger partial charge is 0.297 e. The summed E-state index contributed by atoms with van der Waals surface area (Å²) in [6, 6.07) is 7.11. The van der Waals surface area contributed by atoms with Crippen LogP contribution < -0.4 is 5.73 Å². The first-order chi connectivity index (χ1) is 11.4. The Morgan fingerprint density at radius 3 is 2.36 bits per heavy atom. The number of rotatable bonds is 4. The first-order valence-corrected chi connectivity index (χ1v) is 7.14. The summed E-state index contributed by atoms with van der Waals surface area (Å²) in [5, 5.41) is 3.84. The molecule has 0 aliphatic carbocycles. The van der Waals surface area contributed by atoms with Gasteiger partial charge in [-0.1, -0.05) is 32.5 Å². The molecule has 0 unspecified atom stereocenters. The molecule has 0 fully saturated rings. The number of nitrogen functional groups attached to an aromatic ring is 1. The maximum atomic E-state index is 13.2. The maximum absolute atomic E-state index is 13.2. The standard InChI is InChI=1S/C15H13F4N5.CH4/c1-2-7-5-3-4-6-8(7)24-13(20)9-10(11(16)17)21-15(12(18)19)22-14(9)23-24;/h3-6,11-12H,2,20H2,1H3;1H4. The Labute approximate surface area is 141 Å². The van der Waals surface area contributed by atoms with Gasteiger partial charge in [-0.05, 0) is 18.1 Å². The van der Waals surface area contributed by atoms with Crippen molar-refractivity contribution in [3.63, 3.8) is 0 Å². The number of aromatic nitrogens is 4. The van der Waals surface area contributed by atoms with Gasteiger partial charge in [-0.25, -0.2) is 32.2 Å². The topological polar surface area (TPSA) is 69.6 Å². The minimum absolute atomic E-state index is 0. The van der Waals surface area contributed by atoms with Gasteiger partial charge in [0.25, 0.3) is 12.9 Å². The quantitative estimate of drug-likeness (QED) is 0.701. The van der Waals surface area contributed by atoms with Crippen LogP contribution in [0.25, 0.3) is 16.7 Å². The van der Waals surface area contributed by atoms with E-state index in [2.05, 4.69) is 15.1 Å². The van der Waals surface area contributed by atoms with E-state index < -0.39 is 24.4 Å². The van der Waals surface area contributed by atoms with E-state index in [4.69, 9.17) is 5.73 Å². The van der Waals surface area contributed by atoms with Crippen LogP contribution in [0.5, 0.6) is 0 Å². The minimum atomic E-state index is -3.08. The van der Waals surface area contributed by atoms with Crippen molar-refractivity contribution in [2.45, 2.75) is 33.6 Å². The predicted molar refractivity (Wildman–Crippen MR) is 87.1 cm³/mol. The zero-order valence-corrected chi connectivity index (χ0v) is 12.5. The molecule has 5 nitrogen and oxygen atoms in total. The maximum Gasteiger partial charge on any atom is 0.297 e. The number of aryl methyl sites for hydroxylation is 1. The fourth-order valence-electron chi connectivity index (χ4n) is 2.51. The molecule has 0 amide bonds. The van der Waals surface area contributed by atoms with Crippen LogP contribution in [-0.4, -0.2) is 19.7 Å².